The van der Waals surface area contributed by atoms with Gasteiger partial charge in [0.15, 0.2) is 20.6 Å². The Labute approximate surface area is 180 Å². The van der Waals surface area contributed by atoms with E-state index in [1.54, 1.807) is 9.42 Å². The van der Waals surface area contributed by atoms with E-state index in [4.69, 9.17) is 0 Å². The molecule has 1 aliphatic rings. The molecule has 1 atom stereocenters. The summed E-state index contributed by atoms with van der Waals surface area (Å²) in [6.45, 7) is 4.47. The normalized spacial score (nSPS) is 18.3. The predicted octanol–water partition coefficient (Wildman–Crippen LogP) is 2.49. The summed E-state index contributed by atoms with van der Waals surface area (Å²) in [7, 11) is -3.05. The average molecular weight is 448 g/mol. The molecule has 0 saturated carbocycles. The first-order chi connectivity index (χ1) is 14.4. The molecular weight excluding hydrogens is 422 g/mol. The Balaban J connectivity index is 1.57. The molecule has 3 aromatic rings. The molecule has 10 heteroatoms. The van der Waals surface area contributed by atoms with Gasteiger partial charge in [-0.15, -0.1) is 5.10 Å². The van der Waals surface area contributed by atoms with Crippen LogP contribution in [0.5, 0.6) is 0 Å². The smallest absolute Gasteiger partial charge is 0.233 e. The van der Waals surface area contributed by atoms with Crippen LogP contribution in [-0.2, 0) is 14.6 Å². The van der Waals surface area contributed by atoms with Crippen LogP contribution < -0.4 is 0 Å². The first kappa shape index (κ1) is 21.0. The monoisotopic (exact) mass is 447 g/mol. The van der Waals surface area contributed by atoms with Crippen molar-refractivity contribution in [3.63, 3.8) is 0 Å². The second-order valence-electron chi connectivity index (χ2n) is 7.59. The number of unbranched alkanes of at least 4 members (excludes halogenated alkanes) is 1. The third kappa shape index (κ3) is 4.29. The van der Waals surface area contributed by atoms with E-state index in [0.717, 1.165) is 29.4 Å². The number of carbonyl (C=O) groups is 1. The second kappa shape index (κ2) is 8.50. The van der Waals surface area contributed by atoms with Gasteiger partial charge in [0.05, 0.1) is 22.8 Å². The third-order valence-electron chi connectivity index (χ3n) is 5.30. The fourth-order valence-corrected chi connectivity index (χ4v) is 6.36. The highest BCUT2D eigenvalue weighted by Crippen LogP contribution is 2.25. The van der Waals surface area contributed by atoms with Gasteiger partial charge in [0.1, 0.15) is 5.82 Å². The highest BCUT2D eigenvalue weighted by Gasteiger charge is 2.34. The molecule has 0 spiro atoms. The Morgan fingerprint density at radius 3 is 2.83 bits per heavy atom. The van der Waals surface area contributed by atoms with Crippen molar-refractivity contribution in [3.8, 4) is 0 Å². The molecule has 1 saturated heterocycles. The molecule has 1 aromatic carbocycles. The minimum atomic E-state index is -3.05. The van der Waals surface area contributed by atoms with Gasteiger partial charge in [-0.3, -0.25) is 4.79 Å². The van der Waals surface area contributed by atoms with Crippen molar-refractivity contribution in [2.24, 2.45) is 0 Å². The Morgan fingerprint density at radius 1 is 1.30 bits per heavy atom. The van der Waals surface area contributed by atoms with Crippen LogP contribution in [0.25, 0.3) is 16.6 Å². The standard InChI is InChI=1S/C20H25N5O3S2/c1-3-4-10-24(15-9-11-30(27,28)13-15)18(26)12-29-20-22-17-8-6-5-7-16(17)19-21-14(2)23-25(19)20/h5-8,15H,3-4,9-13H2,1-2H3. The van der Waals surface area contributed by atoms with Crippen LogP contribution in [0.2, 0.25) is 0 Å². The van der Waals surface area contributed by atoms with E-state index >= 15 is 0 Å². The van der Waals surface area contributed by atoms with Crippen molar-refractivity contribution >= 4 is 44.1 Å². The van der Waals surface area contributed by atoms with Gasteiger partial charge < -0.3 is 4.90 Å². The minimum absolute atomic E-state index is 0.0597. The highest BCUT2D eigenvalue weighted by atomic mass is 32.2. The molecule has 1 unspecified atom stereocenters. The Kier molecular flexibility index (Phi) is 5.97. The average Bonchev–Trinajstić information content (AvgIpc) is 3.28. The molecule has 3 heterocycles. The van der Waals surface area contributed by atoms with Crippen LogP contribution in [0.15, 0.2) is 29.4 Å². The Bertz CT molecular complexity index is 1190. The van der Waals surface area contributed by atoms with Gasteiger partial charge in [0, 0.05) is 18.0 Å². The molecule has 2 aromatic heterocycles. The number of aryl methyl sites for hydroxylation is 1. The lowest BCUT2D eigenvalue weighted by Crippen LogP contribution is -2.42. The molecule has 160 valence electrons. The molecule has 0 N–H and O–H groups in total. The number of nitrogens with zero attached hydrogens (tertiary/aromatic N) is 5. The number of thioether (sulfide) groups is 1. The van der Waals surface area contributed by atoms with Crippen LogP contribution in [0, 0.1) is 6.92 Å². The van der Waals surface area contributed by atoms with Crippen molar-refractivity contribution in [2.75, 3.05) is 23.8 Å². The number of hydrogen-bond acceptors (Lipinski definition) is 7. The number of carbonyl (C=O) groups excluding carboxylic acids is 1. The maximum Gasteiger partial charge on any atom is 0.233 e. The maximum atomic E-state index is 13.1. The highest BCUT2D eigenvalue weighted by molar-refractivity contribution is 7.99. The first-order valence-corrected chi connectivity index (χ1v) is 12.9. The maximum absolute atomic E-state index is 13.1. The topological polar surface area (TPSA) is 97.5 Å². The van der Waals surface area contributed by atoms with Crippen molar-refractivity contribution in [1.29, 1.82) is 0 Å². The van der Waals surface area contributed by atoms with E-state index in [-0.39, 0.29) is 29.2 Å². The van der Waals surface area contributed by atoms with Gasteiger partial charge in [0.25, 0.3) is 0 Å². The van der Waals surface area contributed by atoms with Gasteiger partial charge >= 0.3 is 0 Å². The summed E-state index contributed by atoms with van der Waals surface area (Å²) >= 11 is 1.32. The molecule has 0 aliphatic carbocycles. The molecule has 4 rings (SSSR count). The van der Waals surface area contributed by atoms with Crippen molar-refractivity contribution in [1.82, 2.24) is 24.5 Å². The number of amides is 1. The van der Waals surface area contributed by atoms with E-state index in [1.807, 2.05) is 31.2 Å². The van der Waals surface area contributed by atoms with Gasteiger partial charge in [-0.2, -0.15) is 4.52 Å². The molecule has 0 bridgehead atoms. The van der Waals surface area contributed by atoms with Crippen molar-refractivity contribution < 1.29 is 13.2 Å². The molecule has 1 fully saturated rings. The summed E-state index contributed by atoms with van der Waals surface area (Å²) in [5, 5.41) is 5.97. The summed E-state index contributed by atoms with van der Waals surface area (Å²) in [5.41, 5.74) is 1.52. The van der Waals surface area contributed by atoms with Gasteiger partial charge in [-0.1, -0.05) is 37.2 Å². The number of hydrogen-bond donors (Lipinski definition) is 0. The molecule has 1 aliphatic heterocycles. The minimum Gasteiger partial charge on any atom is -0.338 e. The first-order valence-electron chi connectivity index (χ1n) is 10.1. The number of para-hydroxylation sites is 1. The zero-order valence-corrected chi connectivity index (χ0v) is 18.7. The van der Waals surface area contributed by atoms with E-state index < -0.39 is 9.84 Å². The van der Waals surface area contributed by atoms with E-state index in [9.17, 15) is 13.2 Å². The molecule has 8 nitrogen and oxygen atoms in total. The summed E-state index contributed by atoms with van der Waals surface area (Å²) < 4.78 is 25.5. The number of sulfone groups is 1. The number of rotatable bonds is 7. The number of benzene rings is 1. The van der Waals surface area contributed by atoms with Crippen molar-refractivity contribution in [3.05, 3.63) is 30.1 Å². The van der Waals surface area contributed by atoms with E-state index in [0.29, 0.717) is 23.9 Å². The molecule has 30 heavy (non-hydrogen) atoms. The van der Waals surface area contributed by atoms with Gasteiger partial charge in [-0.05, 0) is 31.9 Å². The van der Waals surface area contributed by atoms with Gasteiger partial charge in [-0.25, -0.2) is 18.4 Å². The fraction of sp³-hybridized carbons (Fsp3) is 0.500. The molecule has 1 amide bonds. The fourth-order valence-electron chi connectivity index (χ4n) is 3.80. The lowest BCUT2D eigenvalue weighted by Gasteiger charge is -2.28. The third-order valence-corrected chi connectivity index (χ3v) is 7.97. The summed E-state index contributed by atoms with van der Waals surface area (Å²) in [5.74, 6) is 0.983. The number of fused-ring (bicyclic) bond motifs is 3. The predicted molar refractivity (Wildman–Crippen MR) is 117 cm³/mol. The number of aromatic nitrogens is 4. The Morgan fingerprint density at radius 2 is 2.10 bits per heavy atom. The SMILES string of the molecule is CCCCN(C(=O)CSc1nc2ccccc2c2nc(C)nn12)C1CCS(=O)(=O)C1. The van der Waals surface area contributed by atoms with Crippen LogP contribution in [0.4, 0.5) is 0 Å². The zero-order chi connectivity index (χ0) is 21.3. The largest absolute Gasteiger partial charge is 0.338 e. The van der Waals surface area contributed by atoms with E-state index in [1.165, 1.54) is 11.8 Å². The summed E-state index contributed by atoms with van der Waals surface area (Å²) in [4.78, 5) is 24.0. The van der Waals surface area contributed by atoms with Crippen LogP contribution >= 0.6 is 11.8 Å². The second-order valence-corrected chi connectivity index (χ2v) is 10.8. The summed E-state index contributed by atoms with van der Waals surface area (Å²) in [6, 6.07) is 7.50. The molecular formula is C20H25N5O3S2. The van der Waals surface area contributed by atoms with Crippen molar-refractivity contribution in [2.45, 2.75) is 44.3 Å². The van der Waals surface area contributed by atoms with Crippen LogP contribution in [0.3, 0.4) is 0 Å². The quantitative estimate of drug-likeness (QED) is 0.405. The van der Waals surface area contributed by atoms with Crippen LogP contribution in [-0.4, -0.2) is 68.7 Å². The van der Waals surface area contributed by atoms with Crippen LogP contribution in [0.1, 0.15) is 32.0 Å². The Hall–Kier alpha value is -2.20. The lowest BCUT2D eigenvalue weighted by molar-refractivity contribution is -0.130. The zero-order valence-electron chi connectivity index (χ0n) is 17.1. The van der Waals surface area contributed by atoms with E-state index in [2.05, 4.69) is 22.0 Å². The van der Waals surface area contributed by atoms with Gasteiger partial charge in [0.2, 0.25) is 5.91 Å². The lowest BCUT2D eigenvalue weighted by atomic mass is 10.2. The molecule has 0 radical (unpaired) electrons. The summed E-state index contributed by atoms with van der Waals surface area (Å²) in [6.07, 6.45) is 2.32.